The molecule has 0 aliphatic rings. The lowest BCUT2D eigenvalue weighted by Gasteiger charge is -2.11. The minimum absolute atomic E-state index is 0.344. The fourth-order valence-electron chi connectivity index (χ4n) is 1.91. The number of aromatic nitrogens is 2. The molecule has 0 fully saturated rings. The molecule has 1 heterocycles. The Kier molecular flexibility index (Phi) is 3.06. The van der Waals surface area contributed by atoms with E-state index in [-0.39, 0.29) is 5.82 Å². The van der Waals surface area contributed by atoms with E-state index in [0.29, 0.717) is 32.6 Å². The molecule has 0 spiro atoms. The largest absolute Gasteiger partial charge is 0.397 e. The Balaban J connectivity index is 2.08. The van der Waals surface area contributed by atoms with Gasteiger partial charge >= 0.3 is 0 Å². The molecule has 0 atom stereocenters. The molecule has 102 valence electrons. The highest BCUT2D eigenvalue weighted by Crippen LogP contribution is 2.31. The van der Waals surface area contributed by atoms with Crippen LogP contribution in [0, 0.1) is 12.7 Å². The second-order valence-electron chi connectivity index (χ2n) is 4.37. The molecule has 20 heavy (non-hydrogen) atoms. The highest BCUT2D eigenvalue weighted by atomic mass is 79.9. The first-order valence-electron chi connectivity index (χ1n) is 5.79. The molecular formula is C13H10BrFN4O. The highest BCUT2D eigenvalue weighted by molar-refractivity contribution is 9.10. The van der Waals surface area contributed by atoms with Crippen LogP contribution in [0.5, 0.6) is 0 Å². The Morgan fingerprint density at radius 1 is 1.20 bits per heavy atom. The van der Waals surface area contributed by atoms with Crippen LogP contribution < -0.4 is 11.1 Å². The maximum Gasteiger partial charge on any atom is 0.160 e. The van der Waals surface area contributed by atoms with E-state index in [0.717, 1.165) is 5.56 Å². The van der Waals surface area contributed by atoms with E-state index in [9.17, 15) is 4.39 Å². The maximum atomic E-state index is 13.6. The number of benzene rings is 2. The summed E-state index contributed by atoms with van der Waals surface area (Å²) in [4.78, 5) is 0. The van der Waals surface area contributed by atoms with Crippen molar-refractivity contribution in [3.05, 3.63) is 40.1 Å². The van der Waals surface area contributed by atoms with Crippen molar-refractivity contribution in [1.82, 2.24) is 10.3 Å². The molecule has 3 aromatic rings. The van der Waals surface area contributed by atoms with Gasteiger partial charge in [-0.25, -0.2) is 9.02 Å². The number of nitrogens with one attached hydrogen (secondary N) is 1. The van der Waals surface area contributed by atoms with Crippen molar-refractivity contribution in [2.75, 3.05) is 11.1 Å². The van der Waals surface area contributed by atoms with Crippen LogP contribution in [0.4, 0.5) is 21.5 Å². The molecule has 3 N–H and O–H groups in total. The Bertz CT molecular complexity index is 802. The number of hydrogen-bond acceptors (Lipinski definition) is 5. The molecule has 0 aliphatic heterocycles. The fourth-order valence-corrected chi connectivity index (χ4v) is 2.37. The van der Waals surface area contributed by atoms with Gasteiger partial charge < -0.3 is 11.1 Å². The monoisotopic (exact) mass is 336 g/mol. The fraction of sp³-hybridized carbons (Fsp3) is 0.0769. The lowest BCUT2D eigenvalue weighted by molar-refractivity contribution is 0.316. The van der Waals surface area contributed by atoms with Crippen LogP contribution in [0.25, 0.3) is 11.0 Å². The summed E-state index contributed by atoms with van der Waals surface area (Å²) < 4.78 is 18.7. The van der Waals surface area contributed by atoms with Crippen molar-refractivity contribution in [3.63, 3.8) is 0 Å². The normalized spacial score (nSPS) is 10.9. The van der Waals surface area contributed by atoms with Crippen LogP contribution in [0.15, 0.2) is 33.4 Å². The number of hydrogen-bond donors (Lipinski definition) is 2. The van der Waals surface area contributed by atoms with Gasteiger partial charge in [0, 0.05) is 5.69 Å². The van der Waals surface area contributed by atoms with E-state index < -0.39 is 0 Å². The first-order chi connectivity index (χ1) is 9.56. The summed E-state index contributed by atoms with van der Waals surface area (Å²) in [7, 11) is 0. The van der Waals surface area contributed by atoms with E-state index in [4.69, 9.17) is 10.4 Å². The zero-order valence-electron chi connectivity index (χ0n) is 10.4. The van der Waals surface area contributed by atoms with Crippen molar-refractivity contribution in [3.8, 4) is 0 Å². The average molecular weight is 337 g/mol. The van der Waals surface area contributed by atoms with Crippen LogP contribution in [0.2, 0.25) is 0 Å². The van der Waals surface area contributed by atoms with Crippen molar-refractivity contribution in [1.29, 1.82) is 0 Å². The number of fused-ring (bicyclic) bond motifs is 1. The van der Waals surface area contributed by atoms with Crippen LogP contribution >= 0.6 is 15.9 Å². The van der Waals surface area contributed by atoms with E-state index in [1.807, 2.05) is 6.92 Å². The van der Waals surface area contributed by atoms with Gasteiger partial charge in [0.05, 0.1) is 15.8 Å². The van der Waals surface area contributed by atoms with Gasteiger partial charge in [-0.2, -0.15) is 0 Å². The summed E-state index contributed by atoms with van der Waals surface area (Å²) in [5.41, 5.74) is 9.42. The Labute approximate surface area is 122 Å². The Morgan fingerprint density at radius 2 is 1.95 bits per heavy atom. The van der Waals surface area contributed by atoms with Crippen molar-refractivity contribution in [2.24, 2.45) is 0 Å². The molecule has 1 aromatic heterocycles. The summed E-state index contributed by atoms with van der Waals surface area (Å²) in [5, 5.41) is 10.7. The van der Waals surface area contributed by atoms with Gasteiger partial charge in [0.2, 0.25) is 0 Å². The van der Waals surface area contributed by atoms with Crippen molar-refractivity contribution in [2.45, 2.75) is 6.92 Å². The topological polar surface area (TPSA) is 77.0 Å². The van der Waals surface area contributed by atoms with Gasteiger partial charge in [-0.15, -0.1) is 0 Å². The van der Waals surface area contributed by atoms with Gasteiger partial charge in [0.15, 0.2) is 11.0 Å². The number of anilines is 3. The third-order valence-corrected chi connectivity index (χ3v) is 3.59. The molecule has 0 unspecified atom stereocenters. The van der Waals surface area contributed by atoms with Crippen LogP contribution in [0.1, 0.15) is 5.56 Å². The van der Waals surface area contributed by atoms with Crippen LogP contribution in [-0.2, 0) is 0 Å². The standard InChI is InChI=1S/C13H10BrFN4O/c1-6-4-7(14)8(15)5-11(6)17-10-3-2-9(16)12-13(10)19-20-18-12/h2-5,17H,16H2,1H3. The number of aryl methyl sites for hydroxylation is 1. The number of nitrogen functional groups attached to an aromatic ring is 1. The lowest BCUT2D eigenvalue weighted by Crippen LogP contribution is -1.97. The summed E-state index contributed by atoms with van der Waals surface area (Å²) in [6.45, 7) is 1.88. The molecule has 0 amide bonds. The number of rotatable bonds is 2. The second kappa shape index (κ2) is 4.75. The first-order valence-corrected chi connectivity index (χ1v) is 6.59. The van der Waals surface area contributed by atoms with E-state index in [1.165, 1.54) is 6.07 Å². The van der Waals surface area contributed by atoms with Crippen molar-refractivity contribution < 1.29 is 9.02 Å². The van der Waals surface area contributed by atoms with E-state index in [2.05, 4.69) is 31.6 Å². The molecule has 0 saturated carbocycles. The summed E-state index contributed by atoms with van der Waals surface area (Å²) in [5.74, 6) is -0.344. The number of halogens is 2. The number of nitrogens with zero attached hydrogens (tertiary/aromatic N) is 2. The first kappa shape index (κ1) is 12.9. The van der Waals surface area contributed by atoms with Gasteiger partial charge in [-0.3, -0.25) is 0 Å². The summed E-state index contributed by atoms with van der Waals surface area (Å²) >= 11 is 3.15. The van der Waals surface area contributed by atoms with Crippen molar-refractivity contribution >= 4 is 44.0 Å². The Hall–Kier alpha value is -2.15. The molecule has 0 aliphatic carbocycles. The van der Waals surface area contributed by atoms with Crippen LogP contribution in [0.3, 0.4) is 0 Å². The molecule has 0 saturated heterocycles. The van der Waals surface area contributed by atoms with Gasteiger partial charge in [-0.05, 0) is 63.0 Å². The van der Waals surface area contributed by atoms with Gasteiger partial charge in [0.1, 0.15) is 5.82 Å². The molecule has 0 bridgehead atoms. The van der Waals surface area contributed by atoms with E-state index in [1.54, 1.807) is 18.2 Å². The zero-order valence-corrected chi connectivity index (χ0v) is 12.0. The summed E-state index contributed by atoms with van der Waals surface area (Å²) in [6, 6.07) is 6.56. The Morgan fingerprint density at radius 3 is 2.75 bits per heavy atom. The minimum Gasteiger partial charge on any atom is -0.397 e. The quantitative estimate of drug-likeness (QED) is 0.697. The smallest absolute Gasteiger partial charge is 0.160 e. The van der Waals surface area contributed by atoms with E-state index >= 15 is 0 Å². The van der Waals surface area contributed by atoms with Gasteiger partial charge in [-0.1, -0.05) is 0 Å². The van der Waals surface area contributed by atoms with Crippen LogP contribution in [-0.4, -0.2) is 10.3 Å². The molecule has 3 rings (SSSR count). The zero-order chi connectivity index (χ0) is 14.3. The molecule has 5 nitrogen and oxygen atoms in total. The SMILES string of the molecule is Cc1cc(Br)c(F)cc1Nc1ccc(N)c2nonc12. The highest BCUT2D eigenvalue weighted by Gasteiger charge is 2.12. The predicted molar refractivity (Wildman–Crippen MR) is 78.3 cm³/mol. The predicted octanol–water partition coefficient (Wildman–Crippen LogP) is 3.76. The lowest BCUT2D eigenvalue weighted by atomic mass is 10.1. The maximum absolute atomic E-state index is 13.6. The van der Waals surface area contributed by atoms with Gasteiger partial charge in [0.25, 0.3) is 0 Å². The molecular weight excluding hydrogens is 327 g/mol. The summed E-state index contributed by atoms with van der Waals surface area (Å²) in [6.07, 6.45) is 0. The third kappa shape index (κ3) is 2.09. The second-order valence-corrected chi connectivity index (χ2v) is 5.22. The average Bonchev–Trinajstić information content (AvgIpc) is 2.89. The molecule has 0 radical (unpaired) electrons. The third-order valence-electron chi connectivity index (χ3n) is 2.98. The minimum atomic E-state index is -0.344. The molecule has 2 aromatic carbocycles. The molecule has 7 heteroatoms. The number of nitrogens with two attached hydrogens (primary N) is 1.